The van der Waals surface area contributed by atoms with E-state index >= 15 is 0 Å². The van der Waals surface area contributed by atoms with Gasteiger partial charge in [-0.25, -0.2) is 0 Å². The SMILES string of the molecule is COc1ccc(OC)c(/C(O)=C2\C(=O)C(=O)N(c3ccc(C)cc3)C2c2ccc(N(C)C)cc2)c1. The van der Waals surface area contributed by atoms with Crippen LogP contribution >= 0.6 is 0 Å². The van der Waals surface area contributed by atoms with Crippen LogP contribution < -0.4 is 19.3 Å². The molecule has 3 aromatic rings. The number of hydrogen-bond acceptors (Lipinski definition) is 6. The summed E-state index contributed by atoms with van der Waals surface area (Å²) in [6.07, 6.45) is 0. The van der Waals surface area contributed by atoms with E-state index in [0.717, 1.165) is 11.3 Å². The second kappa shape index (κ2) is 9.54. The van der Waals surface area contributed by atoms with Gasteiger partial charge in [-0.05, 0) is 55.0 Å². The predicted octanol–water partition coefficient (Wildman–Crippen LogP) is 4.70. The normalized spacial score (nSPS) is 16.9. The minimum atomic E-state index is -0.829. The fraction of sp³-hybridized carbons (Fsp3) is 0.214. The van der Waals surface area contributed by atoms with E-state index in [9.17, 15) is 14.7 Å². The molecule has 4 rings (SSSR count). The molecule has 0 aliphatic carbocycles. The van der Waals surface area contributed by atoms with Gasteiger partial charge in [0.25, 0.3) is 11.7 Å². The van der Waals surface area contributed by atoms with Crippen LogP contribution in [0.25, 0.3) is 5.76 Å². The van der Waals surface area contributed by atoms with Crippen molar-refractivity contribution in [2.45, 2.75) is 13.0 Å². The average Bonchev–Trinajstić information content (AvgIpc) is 3.14. The van der Waals surface area contributed by atoms with Crippen LogP contribution in [0.3, 0.4) is 0 Å². The molecule has 1 amide bonds. The monoisotopic (exact) mass is 472 g/mol. The molecule has 3 aromatic carbocycles. The maximum absolute atomic E-state index is 13.4. The predicted molar refractivity (Wildman–Crippen MR) is 136 cm³/mol. The van der Waals surface area contributed by atoms with Crippen molar-refractivity contribution in [3.63, 3.8) is 0 Å². The number of carbonyl (C=O) groups is 2. The van der Waals surface area contributed by atoms with Gasteiger partial charge >= 0.3 is 0 Å². The molecule has 1 N–H and O–H groups in total. The van der Waals surface area contributed by atoms with Crippen LogP contribution in [0.4, 0.5) is 11.4 Å². The van der Waals surface area contributed by atoms with Gasteiger partial charge in [0.15, 0.2) is 0 Å². The van der Waals surface area contributed by atoms with Gasteiger partial charge in [-0.2, -0.15) is 0 Å². The van der Waals surface area contributed by atoms with E-state index in [1.54, 1.807) is 30.3 Å². The van der Waals surface area contributed by atoms with E-state index in [4.69, 9.17) is 9.47 Å². The minimum absolute atomic E-state index is 0.0141. The van der Waals surface area contributed by atoms with E-state index in [1.165, 1.54) is 19.1 Å². The number of rotatable bonds is 6. The Balaban J connectivity index is 1.96. The summed E-state index contributed by atoms with van der Waals surface area (Å²) < 4.78 is 10.7. The van der Waals surface area contributed by atoms with Crippen molar-refractivity contribution in [2.24, 2.45) is 0 Å². The molecule has 7 nitrogen and oxygen atoms in total. The number of anilines is 2. The minimum Gasteiger partial charge on any atom is -0.507 e. The van der Waals surface area contributed by atoms with Crippen LogP contribution in [-0.4, -0.2) is 45.1 Å². The summed E-state index contributed by atoms with van der Waals surface area (Å²) in [6, 6.07) is 19.0. The zero-order valence-corrected chi connectivity index (χ0v) is 20.4. The number of amides is 1. The number of benzene rings is 3. The van der Waals surface area contributed by atoms with Crippen LogP contribution in [0, 0.1) is 6.92 Å². The number of Topliss-reactive ketones (excluding diaryl/α,β-unsaturated/α-hetero) is 1. The first-order chi connectivity index (χ1) is 16.8. The lowest BCUT2D eigenvalue weighted by atomic mass is 9.94. The van der Waals surface area contributed by atoms with Gasteiger partial charge in [-0.15, -0.1) is 0 Å². The topological polar surface area (TPSA) is 79.3 Å². The fourth-order valence-electron chi connectivity index (χ4n) is 4.22. The van der Waals surface area contributed by atoms with Crippen molar-refractivity contribution in [2.75, 3.05) is 38.1 Å². The van der Waals surface area contributed by atoms with E-state index in [2.05, 4.69) is 0 Å². The van der Waals surface area contributed by atoms with Gasteiger partial charge in [0, 0.05) is 25.5 Å². The highest BCUT2D eigenvalue weighted by molar-refractivity contribution is 6.51. The third-order valence-corrected chi connectivity index (χ3v) is 6.14. The van der Waals surface area contributed by atoms with Crippen LogP contribution in [0.15, 0.2) is 72.3 Å². The number of hydrogen-bond donors (Lipinski definition) is 1. The van der Waals surface area contributed by atoms with Crippen molar-refractivity contribution in [1.29, 1.82) is 0 Å². The first-order valence-corrected chi connectivity index (χ1v) is 11.1. The lowest BCUT2D eigenvalue weighted by Gasteiger charge is -2.26. The standard InChI is InChI=1S/C28H28N2O5/c1-17-6-10-20(11-7-17)30-25(18-8-12-19(13-9-18)29(2)3)24(27(32)28(30)33)26(31)22-16-21(34-4)14-15-23(22)35-5/h6-16,25,31H,1-5H3/b26-24+. The van der Waals surface area contributed by atoms with Crippen LogP contribution in [0.5, 0.6) is 11.5 Å². The fourth-order valence-corrected chi connectivity index (χ4v) is 4.22. The number of aliphatic hydroxyl groups excluding tert-OH is 1. The smallest absolute Gasteiger partial charge is 0.300 e. The van der Waals surface area contributed by atoms with E-state index in [0.29, 0.717) is 22.7 Å². The molecule has 35 heavy (non-hydrogen) atoms. The lowest BCUT2D eigenvalue weighted by molar-refractivity contribution is -0.132. The lowest BCUT2D eigenvalue weighted by Crippen LogP contribution is -2.29. The molecule has 1 saturated heterocycles. The van der Waals surface area contributed by atoms with Gasteiger partial charge in [0.1, 0.15) is 17.3 Å². The molecule has 180 valence electrons. The van der Waals surface area contributed by atoms with E-state index in [-0.39, 0.29) is 16.9 Å². The van der Waals surface area contributed by atoms with Crippen molar-refractivity contribution >= 4 is 28.8 Å². The second-order valence-corrected chi connectivity index (χ2v) is 8.56. The maximum Gasteiger partial charge on any atom is 0.300 e. The quantitative estimate of drug-likeness (QED) is 0.318. The Hall–Kier alpha value is -4.26. The Morgan fingerprint density at radius 3 is 2.14 bits per heavy atom. The maximum atomic E-state index is 13.4. The number of aryl methyl sites for hydroxylation is 1. The third-order valence-electron chi connectivity index (χ3n) is 6.14. The summed E-state index contributed by atoms with van der Waals surface area (Å²) in [6.45, 7) is 1.95. The molecule has 0 aromatic heterocycles. The second-order valence-electron chi connectivity index (χ2n) is 8.56. The Bertz CT molecular complexity index is 1290. The van der Waals surface area contributed by atoms with Crippen molar-refractivity contribution < 1.29 is 24.2 Å². The highest BCUT2D eigenvalue weighted by Gasteiger charge is 2.47. The summed E-state index contributed by atoms with van der Waals surface area (Å²) in [5.74, 6) is -0.970. The molecule has 0 spiro atoms. The zero-order valence-electron chi connectivity index (χ0n) is 20.4. The highest BCUT2D eigenvalue weighted by atomic mass is 16.5. The molecule has 1 aliphatic rings. The number of carbonyl (C=O) groups excluding carboxylic acids is 2. The highest BCUT2D eigenvalue weighted by Crippen LogP contribution is 2.44. The number of aliphatic hydroxyl groups is 1. The summed E-state index contributed by atoms with van der Waals surface area (Å²) >= 11 is 0. The Kier molecular flexibility index (Phi) is 6.51. The first-order valence-electron chi connectivity index (χ1n) is 11.1. The Labute approximate surface area is 204 Å². The van der Waals surface area contributed by atoms with Gasteiger partial charge in [-0.3, -0.25) is 14.5 Å². The van der Waals surface area contributed by atoms with Gasteiger partial charge < -0.3 is 19.5 Å². The molecule has 0 saturated carbocycles. The molecule has 1 fully saturated rings. The van der Waals surface area contributed by atoms with Crippen molar-refractivity contribution in [3.8, 4) is 11.5 Å². The average molecular weight is 473 g/mol. The van der Waals surface area contributed by atoms with Crippen LogP contribution in [0.1, 0.15) is 22.7 Å². The molecular weight excluding hydrogens is 444 g/mol. The van der Waals surface area contributed by atoms with Crippen molar-refractivity contribution in [1.82, 2.24) is 0 Å². The zero-order chi connectivity index (χ0) is 25.3. The Morgan fingerprint density at radius 2 is 1.57 bits per heavy atom. The van der Waals surface area contributed by atoms with E-state index in [1.807, 2.05) is 62.3 Å². The van der Waals surface area contributed by atoms with Crippen LogP contribution in [0.2, 0.25) is 0 Å². The summed E-state index contributed by atoms with van der Waals surface area (Å²) in [5.41, 5.74) is 3.51. The number of methoxy groups -OCH3 is 2. The van der Waals surface area contributed by atoms with Crippen LogP contribution in [-0.2, 0) is 9.59 Å². The largest absolute Gasteiger partial charge is 0.507 e. The van der Waals surface area contributed by atoms with Crippen molar-refractivity contribution in [3.05, 3.63) is 89.0 Å². The molecule has 7 heteroatoms. The molecule has 0 radical (unpaired) electrons. The molecule has 1 aliphatic heterocycles. The third kappa shape index (κ3) is 4.33. The van der Waals surface area contributed by atoms with Gasteiger partial charge in [-0.1, -0.05) is 29.8 Å². The first kappa shape index (κ1) is 23.9. The number of nitrogens with zero attached hydrogens (tertiary/aromatic N) is 2. The van der Waals surface area contributed by atoms with Gasteiger partial charge in [0.2, 0.25) is 0 Å². The molecule has 1 unspecified atom stereocenters. The summed E-state index contributed by atoms with van der Waals surface area (Å²) in [5, 5.41) is 11.5. The Morgan fingerprint density at radius 1 is 0.914 bits per heavy atom. The molecule has 1 atom stereocenters. The summed E-state index contributed by atoms with van der Waals surface area (Å²) in [7, 11) is 6.85. The molecular formula is C28H28N2O5. The number of ether oxygens (including phenoxy) is 2. The van der Waals surface area contributed by atoms with Gasteiger partial charge in [0.05, 0.1) is 31.4 Å². The number of ketones is 1. The molecule has 0 bridgehead atoms. The van der Waals surface area contributed by atoms with E-state index < -0.39 is 17.7 Å². The summed E-state index contributed by atoms with van der Waals surface area (Å²) in [4.78, 5) is 30.1. The molecule has 1 heterocycles.